The number of rotatable bonds is 3. The van der Waals surface area contributed by atoms with Gasteiger partial charge in [-0.05, 0) is 42.3 Å². The van der Waals surface area contributed by atoms with Crippen LogP contribution in [0, 0.1) is 5.41 Å². The van der Waals surface area contributed by atoms with Crippen LogP contribution in [-0.4, -0.2) is 30.2 Å². The molecule has 0 radical (unpaired) electrons. The molecule has 140 valence electrons. The van der Waals surface area contributed by atoms with E-state index in [-0.39, 0.29) is 24.7 Å². The first kappa shape index (κ1) is 17.9. The fraction of sp³-hybridized carbons (Fsp3) is 0.300. The van der Waals surface area contributed by atoms with E-state index in [9.17, 15) is 13.6 Å². The molecule has 1 aliphatic rings. The lowest BCUT2D eigenvalue weighted by Crippen LogP contribution is -2.58. The van der Waals surface area contributed by atoms with Gasteiger partial charge in [-0.25, -0.2) is 8.78 Å². The highest BCUT2D eigenvalue weighted by Gasteiger charge is 2.38. The third-order valence-electron chi connectivity index (χ3n) is 5.17. The van der Waals surface area contributed by atoms with E-state index < -0.39 is 12.0 Å². The van der Waals surface area contributed by atoms with Crippen LogP contribution in [0.25, 0.3) is 20.2 Å². The summed E-state index contributed by atoms with van der Waals surface area (Å²) < 4.78 is 27.6. The molecule has 1 aromatic heterocycles. The number of nitrogens with one attached hydrogen (secondary N) is 2. The highest BCUT2D eigenvalue weighted by molar-refractivity contribution is 7.25. The van der Waals surface area contributed by atoms with E-state index in [0.29, 0.717) is 5.56 Å². The molecule has 2 N–H and O–H groups in total. The van der Waals surface area contributed by atoms with Gasteiger partial charge < -0.3 is 5.32 Å². The lowest BCUT2D eigenvalue weighted by atomic mass is 9.86. The number of thiophene rings is 1. The van der Waals surface area contributed by atoms with Crippen molar-refractivity contribution in [1.29, 1.82) is 5.41 Å². The second kappa shape index (κ2) is 6.27. The number of amides is 1. The van der Waals surface area contributed by atoms with Crippen LogP contribution < -0.4 is 5.32 Å². The summed E-state index contributed by atoms with van der Waals surface area (Å²) in [5.41, 5.74) is 0.840. The number of carbonyl (C=O) groups excluding carboxylic acids is 1. The number of carbonyl (C=O) groups is 1. The molecule has 3 aromatic rings. The van der Waals surface area contributed by atoms with E-state index in [1.165, 1.54) is 4.90 Å². The Hall–Kier alpha value is -2.54. The molecule has 0 bridgehead atoms. The summed E-state index contributed by atoms with van der Waals surface area (Å²) >= 11 is 1.62. The molecule has 0 unspecified atom stereocenters. The predicted octanol–water partition coefficient (Wildman–Crippen LogP) is 4.46. The number of hydrogen-bond donors (Lipinski definition) is 2. The second-order valence-corrected chi connectivity index (χ2v) is 8.26. The summed E-state index contributed by atoms with van der Waals surface area (Å²) in [6, 6.07) is 11.5. The van der Waals surface area contributed by atoms with Crippen LogP contribution in [0.5, 0.6) is 0 Å². The van der Waals surface area contributed by atoms with E-state index in [2.05, 4.69) is 5.32 Å². The van der Waals surface area contributed by atoms with Crippen LogP contribution in [0.3, 0.4) is 0 Å². The number of nitrogens with zero attached hydrogens (tertiary/aromatic N) is 1. The average molecular weight is 387 g/mol. The topological polar surface area (TPSA) is 56.2 Å². The maximum absolute atomic E-state index is 12.8. The van der Waals surface area contributed by atoms with Gasteiger partial charge in [0.15, 0.2) is 5.96 Å². The maximum Gasteiger partial charge on any atom is 0.242 e. The molecule has 1 saturated heterocycles. The van der Waals surface area contributed by atoms with Crippen molar-refractivity contribution in [3.05, 3.63) is 47.5 Å². The zero-order valence-corrected chi connectivity index (χ0v) is 15.8. The molecule has 1 atom stereocenters. The van der Waals surface area contributed by atoms with Crippen LogP contribution in [0.4, 0.5) is 8.78 Å². The molecule has 2 heterocycles. The summed E-state index contributed by atoms with van der Waals surface area (Å²) in [5, 5.41) is 13.1. The number of guanidine groups is 1. The molecule has 0 spiro atoms. The lowest BCUT2D eigenvalue weighted by Gasteiger charge is -2.39. The first-order valence-electron chi connectivity index (χ1n) is 8.64. The van der Waals surface area contributed by atoms with Gasteiger partial charge in [-0.3, -0.25) is 15.1 Å². The Morgan fingerprint density at radius 2 is 1.89 bits per heavy atom. The van der Waals surface area contributed by atoms with E-state index in [1.54, 1.807) is 24.5 Å². The van der Waals surface area contributed by atoms with Crippen molar-refractivity contribution >= 4 is 43.4 Å². The Morgan fingerprint density at radius 3 is 2.56 bits per heavy atom. The Labute approximate surface area is 159 Å². The number of fused-ring (bicyclic) bond motifs is 3. The summed E-state index contributed by atoms with van der Waals surface area (Å²) in [5.74, 6) is -0.0426. The third-order valence-corrected chi connectivity index (χ3v) is 6.32. The summed E-state index contributed by atoms with van der Waals surface area (Å²) in [6.45, 7) is 1.91. The van der Waals surface area contributed by atoms with Gasteiger partial charge in [-0.2, -0.15) is 0 Å². The second-order valence-electron chi connectivity index (χ2n) is 7.17. The minimum absolute atomic E-state index is 0.0724. The van der Waals surface area contributed by atoms with Gasteiger partial charge in [0.05, 0.1) is 12.0 Å². The van der Waals surface area contributed by atoms with Crippen molar-refractivity contribution in [3.63, 3.8) is 0 Å². The normalized spacial score (nSPS) is 20.7. The van der Waals surface area contributed by atoms with Crippen molar-refractivity contribution in [2.75, 3.05) is 7.05 Å². The van der Waals surface area contributed by atoms with Crippen molar-refractivity contribution in [1.82, 2.24) is 10.2 Å². The van der Waals surface area contributed by atoms with E-state index in [1.807, 2.05) is 37.3 Å². The zero-order valence-electron chi connectivity index (χ0n) is 15.0. The van der Waals surface area contributed by atoms with Gasteiger partial charge in [-0.1, -0.05) is 12.1 Å². The maximum atomic E-state index is 12.8. The molecule has 1 fully saturated rings. The number of benzene rings is 2. The van der Waals surface area contributed by atoms with Gasteiger partial charge >= 0.3 is 0 Å². The van der Waals surface area contributed by atoms with E-state index in [0.717, 1.165) is 25.7 Å². The van der Waals surface area contributed by atoms with Crippen LogP contribution in [-0.2, 0) is 16.8 Å². The predicted molar refractivity (Wildman–Crippen MR) is 105 cm³/mol. The molecular formula is C20H19F2N3OS. The molecule has 4 nitrogen and oxygen atoms in total. The monoisotopic (exact) mass is 387 g/mol. The molecule has 1 aliphatic heterocycles. The highest BCUT2D eigenvalue weighted by Crippen LogP contribution is 2.38. The highest BCUT2D eigenvalue weighted by atomic mass is 32.1. The Balaban J connectivity index is 1.82. The smallest absolute Gasteiger partial charge is 0.242 e. The summed E-state index contributed by atoms with van der Waals surface area (Å²) in [7, 11) is 1.58. The molecule has 4 rings (SSSR count). The molecule has 1 amide bonds. The molecule has 2 aromatic carbocycles. The Bertz CT molecular complexity index is 1060. The largest absolute Gasteiger partial charge is 0.346 e. The van der Waals surface area contributed by atoms with Gasteiger partial charge in [0.25, 0.3) is 0 Å². The van der Waals surface area contributed by atoms with Crippen LogP contribution >= 0.6 is 11.3 Å². The zero-order chi connectivity index (χ0) is 19.3. The van der Waals surface area contributed by atoms with Crippen molar-refractivity contribution in [2.24, 2.45) is 0 Å². The summed E-state index contributed by atoms with van der Waals surface area (Å²) in [4.78, 5) is 13.5. The van der Waals surface area contributed by atoms with Crippen LogP contribution in [0.2, 0.25) is 0 Å². The molecule has 0 saturated carbocycles. The molecule has 0 aliphatic carbocycles. The average Bonchev–Trinajstić information content (AvgIpc) is 2.96. The fourth-order valence-corrected chi connectivity index (χ4v) is 4.65. The Morgan fingerprint density at radius 1 is 1.22 bits per heavy atom. The number of halogens is 2. The number of alkyl halides is 2. The van der Waals surface area contributed by atoms with E-state index >= 15 is 0 Å². The quantitative estimate of drug-likeness (QED) is 0.697. The minimum Gasteiger partial charge on any atom is -0.346 e. The fourth-order valence-electron chi connectivity index (χ4n) is 3.58. The van der Waals surface area contributed by atoms with Crippen LogP contribution in [0.1, 0.15) is 24.5 Å². The lowest BCUT2D eigenvalue weighted by molar-refractivity contribution is -0.129. The van der Waals surface area contributed by atoms with Crippen molar-refractivity contribution < 1.29 is 13.6 Å². The van der Waals surface area contributed by atoms with Gasteiger partial charge in [0, 0.05) is 33.6 Å². The minimum atomic E-state index is -2.37. The summed E-state index contributed by atoms with van der Waals surface area (Å²) in [6.07, 6.45) is -2.39. The molecule has 7 heteroatoms. The number of hydrogen-bond acceptors (Lipinski definition) is 3. The molecule has 27 heavy (non-hydrogen) atoms. The Kier molecular flexibility index (Phi) is 4.14. The van der Waals surface area contributed by atoms with Crippen molar-refractivity contribution in [2.45, 2.75) is 31.7 Å². The van der Waals surface area contributed by atoms with Gasteiger partial charge in [0.1, 0.15) is 0 Å². The van der Waals surface area contributed by atoms with Gasteiger partial charge in [-0.15, -0.1) is 11.3 Å². The molecular weight excluding hydrogens is 368 g/mol. The standard InChI is InChI=1S/C20H19F2N3OS/c1-20(10-18(26)25(2)19(23)24-20)12-4-6-16-14(9-12)13-7-11(8-17(21)22)3-5-15(13)27-16/h3-7,9,17H,8,10H2,1-2H3,(H2,23,24)/t20-/m0/s1. The van der Waals surface area contributed by atoms with Crippen molar-refractivity contribution in [3.8, 4) is 0 Å². The third kappa shape index (κ3) is 3.06. The van der Waals surface area contributed by atoms with Gasteiger partial charge in [0.2, 0.25) is 12.3 Å². The van der Waals surface area contributed by atoms with E-state index in [4.69, 9.17) is 5.41 Å². The SMILES string of the molecule is CN1C(=N)N[C@](C)(c2ccc3sc4ccc(CC(F)F)cc4c3c2)CC1=O. The first-order valence-corrected chi connectivity index (χ1v) is 9.45. The first-order chi connectivity index (χ1) is 12.8. The van der Waals surface area contributed by atoms with Crippen LogP contribution in [0.15, 0.2) is 36.4 Å².